The number of carbonyl (C=O) groups is 2. The minimum absolute atomic E-state index is 0.0154. The highest BCUT2D eigenvalue weighted by Crippen LogP contribution is 2.30. The molecule has 1 atom stereocenters. The molecule has 1 unspecified atom stereocenters. The molecular formula is C20H29N3O2. The van der Waals surface area contributed by atoms with E-state index in [0.29, 0.717) is 19.0 Å². The van der Waals surface area contributed by atoms with Gasteiger partial charge in [-0.2, -0.15) is 0 Å². The maximum Gasteiger partial charge on any atom is 0.237 e. The van der Waals surface area contributed by atoms with Crippen molar-refractivity contribution in [2.75, 3.05) is 26.2 Å². The van der Waals surface area contributed by atoms with Gasteiger partial charge in [0.15, 0.2) is 0 Å². The van der Waals surface area contributed by atoms with Gasteiger partial charge in [-0.25, -0.2) is 0 Å². The number of rotatable bonds is 8. The number of hydrogen-bond donors (Lipinski definition) is 1. The number of hydrogen-bond acceptors (Lipinski definition) is 3. The van der Waals surface area contributed by atoms with Crippen LogP contribution in [0.4, 0.5) is 0 Å². The Kier molecular flexibility index (Phi) is 6.08. The Morgan fingerprint density at radius 3 is 2.72 bits per heavy atom. The van der Waals surface area contributed by atoms with Crippen LogP contribution in [-0.4, -0.2) is 53.8 Å². The molecule has 1 saturated heterocycles. The van der Waals surface area contributed by atoms with Crippen molar-refractivity contribution >= 4 is 11.8 Å². The Bertz CT molecular complexity index is 586. The molecular weight excluding hydrogens is 314 g/mol. The van der Waals surface area contributed by atoms with Gasteiger partial charge in [-0.1, -0.05) is 37.3 Å². The molecule has 1 heterocycles. The first-order chi connectivity index (χ1) is 12.2. The smallest absolute Gasteiger partial charge is 0.237 e. The van der Waals surface area contributed by atoms with Crippen molar-refractivity contribution in [1.82, 2.24) is 15.1 Å². The zero-order chi connectivity index (χ0) is 17.6. The minimum Gasteiger partial charge on any atom is -0.353 e. The SMILES string of the molecule is CCCN(CC1CC1)C(=O)CC1C(=O)NCCN1Cc1ccccc1. The number of benzene rings is 1. The summed E-state index contributed by atoms with van der Waals surface area (Å²) >= 11 is 0. The number of amides is 2. The van der Waals surface area contributed by atoms with Gasteiger partial charge < -0.3 is 10.2 Å². The maximum absolute atomic E-state index is 12.8. The first-order valence-electron chi connectivity index (χ1n) is 9.51. The summed E-state index contributed by atoms with van der Waals surface area (Å²) in [6, 6.07) is 9.80. The molecule has 1 N–H and O–H groups in total. The van der Waals surface area contributed by atoms with Gasteiger partial charge in [0.2, 0.25) is 11.8 Å². The molecule has 0 radical (unpaired) electrons. The van der Waals surface area contributed by atoms with Crippen LogP contribution in [-0.2, 0) is 16.1 Å². The quantitative estimate of drug-likeness (QED) is 0.786. The van der Waals surface area contributed by atoms with E-state index in [1.807, 2.05) is 23.1 Å². The molecule has 2 aliphatic rings. The third-order valence-electron chi connectivity index (χ3n) is 5.06. The fourth-order valence-corrected chi connectivity index (χ4v) is 3.49. The lowest BCUT2D eigenvalue weighted by atomic mass is 10.1. The Morgan fingerprint density at radius 1 is 1.28 bits per heavy atom. The normalized spacial score (nSPS) is 21.0. The van der Waals surface area contributed by atoms with Crippen LogP contribution in [0.3, 0.4) is 0 Å². The Hall–Kier alpha value is -1.88. The van der Waals surface area contributed by atoms with Crippen LogP contribution in [0.15, 0.2) is 30.3 Å². The second-order valence-electron chi connectivity index (χ2n) is 7.25. The van der Waals surface area contributed by atoms with Crippen molar-refractivity contribution in [2.24, 2.45) is 5.92 Å². The molecule has 1 aliphatic carbocycles. The molecule has 0 bridgehead atoms. The predicted molar refractivity (Wildman–Crippen MR) is 97.9 cm³/mol. The second kappa shape index (κ2) is 8.48. The fraction of sp³-hybridized carbons (Fsp3) is 0.600. The molecule has 1 aromatic carbocycles. The van der Waals surface area contributed by atoms with Crippen LogP contribution >= 0.6 is 0 Å². The summed E-state index contributed by atoms with van der Waals surface area (Å²) in [5.41, 5.74) is 1.18. The van der Waals surface area contributed by atoms with E-state index in [-0.39, 0.29) is 24.3 Å². The van der Waals surface area contributed by atoms with E-state index < -0.39 is 0 Å². The Labute approximate surface area is 150 Å². The monoisotopic (exact) mass is 343 g/mol. The summed E-state index contributed by atoms with van der Waals surface area (Å²) in [5.74, 6) is 0.781. The van der Waals surface area contributed by atoms with Gasteiger partial charge in [0, 0.05) is 32.7 Å². The van der Waals surface area contributed by atoms with E-state index >= 15 is 0 Å². The number of nitrogens with one attached hydrogen (secondary N) is 1. The minimum atomic E-state index is -0.361. The highest BCUT2D eigenvalue weighted by Gasteiger charge is 2.34. The van der Waals surface area contributed by atoms with Crippen molar-refractivity contribution in [3.8, 4) is 0 Å². The Balaban J connectivity index is 1.65. The van der Waals surface area contributed by atoms with Crippen molar-refractivity contribution in [3.05, 3.63) is 35.9 Å². The van der Waals surface area contributed by atoms with E-state index in [1.165, 1.54) is 18.4 Å². The average molecular weight is 343 g/mol. The molecule has 25 heavy (non-hydrogen) atoms. The van der Waals surface area contributed by atoms with Gasteiger partial charge >= 0.3 is 0 Å². The molecule has 5 heteroatoms. The molecule has 5 nitrogen and oxygen atoms in total. The van der Waals surface area contributed by atoms with Gasteiger partial charge in [-0.05, 0) is 30.7 Å². The molecule has 3 rings (SSSR count). The first kappa shape index (κ1) is 17.9. The van der Waals surface area contributed by atoms with Crippen LogP contribution in [0, 0.1) is 5.92 Å². The average Bonchev–Trinajstić information content (AvgIpc) is 3.42. The number of carbonyl (C=O) groups excluding carboxylic acids is 2. The molecule has 0 spiro atoms. The lowest BCUT2D eigenvalue weighted by Gasteiger charge is -2.36. The molecule has 136 valence electrons. The van der Waals surface area contributed by atoms with Crippen molar-refractivity contribution in [2.45, 2.75) is 45.2 Å². The van der Waals surface area contributed by atoms with E-state index in [9.17, 15) is 9.59 Å². The molecule has 2 fully saturated rings. The molecule has 1 aromatic rings. The van der Waals surface area contributed by atoms with Crippen LogP contribution in [0.25, 0.3) is 0 Å². The number of nitrogens with zero attached hydrogens (tertiary/aromatic N) is 2. The summed E-state index contributed by atoms with van der Waals surface area (Å²) in [5, 5.41) is 2.93. The highest BCUT2D eigenvalue weighted by molar-refractivity contribution is 5.88. The fourth-order valence-electron chi connectivity index (χ4n) is 3.49. The summed E-state index contributed by atoms with van der Waals surface area (Å²) in [6.45, 7) is 5.90. The largest absolute Gasteiger partial charge is 0.353 e. The van der Waals surface area contributed by atoms with Crippen molar-refractivity contribution in [1.29, 1.82) is 0 Å². The number of piperazine rings is 1. The van der Waals surface area contributed by atoms with E-state index in [4.69, 9.17) is 0 Å². The summed E-state index contributed by atoms with van der Waals surface area (Å²) < 4.78 is 0. The summed E-state index contributed by atoms with van der Waals surface area (Å²) in [7, 11) is 0. The zero-order valence-electron chi connectivity index (χ0n) is 15.1. The molecule has 1 aliphatic heterocycles. The van der Waals surface area contributed by atoms with Gasteiger partial charge in [-0.15, -0.1) is 0 Å². The maximum atomic E-state index is 12.8. The van der Waals surface area contributed by atoms with Crippen LogP contribution in [0.2, 0.25) is 0 Å². The van der Waals surface area contributed by atoms with Gasteiger partial charge in [-0.3, -0.25) is 14.5 Å². The third-order valence-corrected chi connectivity index (χ3v) is 5.06. The zero-order valence-corrected chi connectivity index (χ0v) is 15.1. The van der Waals surface area contributed by atoms with Crippen LogP contribution in [0.1, 0.15) is 38.2 Å². The van der Waals surface area contributed by atoms with E-state index in [0.717, 1.165) is 26.1 Å². The molecule has 1 saturated carbocycles. The van der Waals surface area contributed by atoms with Crippen molar-refractivity contribution in [3.63, 3.8) is 0 Å². The van der Waals surface area contributed by atoms with Gasteiger partial charge in [0.1, 0.15) is 0 Å². The lowest BCUT2D eigenvalue weighted by Crippen LogP contribution is -2.56. The first-order valence-corrected chi connectivity index (χ1v) is 9.51. The van der Waals surface area contributed by atoms with Gasteiger partial charge in [0.25, 0.3) is 0 Å². The second-order valence-corrected chi connectivity index (χ2v) is 7.25. The highest BCUT2D eigenvalue weighted by atomic mass is 16.2. The summed E-state index contributed by atoms with van der Waals surface area (Å²) in [4.78, 5) is 29.4. The third kappa shape index (κ3) is 5.05. The van der Waals surface area contributed by atoms with E-state index in [2.05, 4.69) is 29.3 Å². The Morgan fingerprint density at radius 2 is 2.04 bits per heavy atom. The molecule has 2 amide bonds. The van der Waals surface area contributed by atoms with Gasteiger partial charge in [0.05, 0.1) is 12.5 Å². The van der Waals surface area contributed by atoms with Crippen LogP contribution in [0.5, 0.6) is 0 Å². The standard InChI is InChI=1S/C20H29N3O2/c1-2-11-23(15-17-8-9-17)19(24)13-18-20(25)21-10-12-22(18)14-16-6-4-3-5-7-16/h3-7,17-18H,2,8-15H2,1H3,(H,21,25). The summed E-state index contributed by atoms with van der Waals surface area (Å²) in [6.07, 6.45) is 3.71. The van der Waals surface area contributed by atoms with Crippen LogP contribution < -0.4 is 5.32 Å². The van der Waals surface area contributed by atoms with E-state index in [1.54, 1.807) is 0 Å². The lowest BCUT2D eigenvalue weighted by molar-refractivity contribution is -0.139. The predicted octanol–water partition coefficient (Wildman–Crippen LogP) is 2.03. The van der Waals surface area contributed by atoms with Crippen molar-refractivity contribution < 1.29 is 9.59 Å². The topological polar surface area (TPSA) is 52.7 Å². The molecule has 0 aromatic heterocycles.